The fourth-order valence-electron chi connectivity index (χ4n) is 8.17. The van der Waals surface area contributed by atoms with Crippen molar-refractivity contribution in [2.75, 3.05) is 6.61 Å². The van der Waals surface area contributed by atoms with Crippen LogP contribution in [-0.4, -0.2) is 34.0 Å². The Balaban J connectivity index is 1.59. The normalized spacial score (nSPS) is 40.2. The molecule has 4 nitrogen and oxygen atoms in total. The molecule has 0 amide bonds. The Hall–Kier alpha value is -2.04. The van der Waals surface area contributed by atoms with Crippen molar-refractivity contribution < 1.29 is 19.8 Å². The maximum atomic E-state index is 12.2. The quantitative estimate of drug-likeness (QED) is 0.502. The second kappa shape index (κ2) is 8.32. The lowest BCUT2D eigenvalue weighted by Gasteiger charge is -2.58. The molecule has 4 aliphatic rings. The molecule has 0 saturated heterocycles. The van der Waals surface area contributed by atoms with Crippen LogP contribution in [0.5, 0.6) is 0 Å². The Morgan fingerprint density at radius 1 is 1.12 bits per heavy atom. The van der Waals surface area contributed by atoms with E-state index >= 15 is 0 Å². The molecule has 1 aromatic carbocycles. The fraction of sp³-hybridized carbons (Fsp3) is 0.586. The molecule has 7 atom stereocenters. The highest BCUT2D eigenvalue weighted by atomic mass is 16.3. The van der Waals surface area contributed by atoms with Gasteiger partial charge in [-0.05, 0) is 86.7 Å². The number of benzene rings is 1. The van der Waals surface area contributed by atoms with Gasteiger partial charge in [0.25, 0.3) is 0 Å². The monoisotopic (exact) mass is 448 g/mol. The fourth-order valence-corrected chi connectivity index (χ4v) is 8.17. The third kappa shape index (κ3) is 3.57. The number of Topliss-reactive ketones (excluding diaryl/α,β-unsaturated/α-hetero) is 1. The highest BCUT2D eigenvalue weighted by molar-refractivity contribution is 5.94. The SMILES string of the molecule is CC(=O)c1ccc([C@H]2C[C@@]3(C)[C@H](CC[C@]3(O)/C=C\CO)[C@@H]3CCC4=CC(=O)CC[C@@H]4[C@H]32)cc1. The van der Waals surface area contributed by atoms with Crippen LogP contribution in [0, 0.1) is 29.1 Å². The van der Waals surface area contributed by atoms with Gasteiger partial charge in [0.05, 0.1) is 12.2 Å². The Labute approximate surface area is 196 Å². The smallest absolute Gasteiger partial charge is 0.159 e. The second-order valence-corrected chi connectivity index (χ2v) is 11.2. The van der Waals surface area contributed by atoms with Crippen LogP contribution in [0.4, 0.5) is 0 Å². The summed E-state index contributed by atoms with van der Waals surface area (Å²) >= 11 is 0. The van der Waals surface area contributed by atoms with Crippen molar-refractivity contribution in [1.29, 1.82) is 0 Å². The van der Waals surface area contributed by atoms with Crippen LogP contribution in [0.2, 0.25) is 0 Å². The van der Waals surface area contributed by atoms with Crippen LogP contribution in [0.3, 0.4) is 0 Å². The Morgan fingerprint density at radius 3 is 2.58 bits per heavy atom. The second-order valence-electron chi connectivity index (χ2n) is 11.2. The molecule has 0 aromatic heterocycles. The molecule has 0 unspecified atom stereocenters. The largest absolute Gasteiger partial charge is 0.392 e. The first kappa shape index (κ1) is 22.7. The van der Waals surface area contributed by atoms with Crippen molar-refractivity contribution in [2.45, 2.75) is 70.3 Å². The number of aliphatic hydroxyl groups is 2. The van der Waals surface area contributed by atoms with Gasteiger partial charge in [0, 0.05) is 17.4 Å². The molecule has 0 heterocycles. The third-order valence-corrected chi connectivity index (χ3v) is 9.76. The summed E-state index contributed by atoms with van der Waals surface area (Å²) in [4.78, 5) is 24.0. The molecule has 3 fully saturated rings. The van der Waals surface area contributed by atoms with E-state index in [4.69, 9.17) is 0 Å². The lowest BCUT2D eigenvalue weighted by molar-refractivity contribution is -0.117. The molecule has 0 bridgehead atoms. The van der Waals surface area contributed by atoms with Gasteiger partial charge in [0.15, 0.2) is 11.6 Å². The van der Waals surface area contributed by atoms with Gasteiger partial charge in [-0.25, -0.2) is 0 Å². The Bertz CT molecular complexity index is 1000. The van der Waals surface area contributed by atoms with E-state index in [0.29, 0.717) is 30.1 Å². The molecular weight excluding hydrogens is 412 g/mol. The summed E-state index contributed by atoms with van der Waals surface area (Å²) in [6, 6.07) is 8.12. The first-order valence-electron chi connectivity index (χ1n) is 12.6. The molecule has 5 rings (SSSR count). The lowest BCUT2D eigenvalue weighted by atomic mass is 9.46. The molecule has 0 spiro atoms. The zero-order chi connectivity index (χ0) is 23.4. The van der Waals surface area contributed by atoms with Crippen LogP contribution in [0.15, 0.2) is 48.1 Å². The minimum absolute atomic E-state index is 0.0602. The maximum Gasteiger partial charge on any atom is 0.159 e. The molecule has 176 valence electrons. The molecule has 4 heteroatoms. The van der Waals surface area contributed by atoms with Crippen molar-refractivity contribution in [3.63, 3.8) is 0 Å². The van der Waals surface area contributed by atoms with Crippen molar-refractivity contribution in [3.8, 4) is 0 Å². The van der Waals surface area contributed by atoms with Gasteiger partial charge in [0.1, 0.15) is 0 Å². The van der Waals surface area contributed by atoms with E-state index in [1.807, 2.05) is 24.3 Å². The predicted octanol–water partition coefficient (Wildman–Crippen LogP) is 5.00. The van der Waals surface area contributed by atoms with E-state index < -0.39 is 5.60 Å². The number of carbonyl (C=O) groups is 2. The van der Waals surface area contributed by atoms with Gasteiger partial charge in [-0.1, -0.05) is 48.9 Å². The average Bonchev–Trinajstić information content (AvgIpc) is 3.07. The standard InChI is InChI=1S/C29H36O4/c1-18(31)19-4-6-20(7-5-19)25-17-28(2)26(12-14-29(28,33)13-3-15-30)24-10-8-21-16-22(32)9-11-23(21)27(24)25/h3-7,13,16,23-27,30,33H,8-12,14-15,17H2,1-2H3/b13-3-/t23-,24-,25+,26+,27+,28-,29+/m0/s1. The lowest BCUT2D eigenvalue weighted by Crippen LogP contribution is -2.54. The summed E-state index contributed by atoms with van der Waals surface area (Å²) in [6.45, 7) is 3.80. The average molecular weight is 449 g/mol. The van der Waals surface area contributed by atoms with Gasteiger partial charge in [0.2, 0.25) is 0 Å². The Morgan fingerprint density at radius 2 is 1.88 bits per heavy atom. The molecule has 1 aromatic rings. The van der Waals surface area contributed by atoms with E-state index in [9.17, 15) is 19.8 Å². The number of rotatable bonds is 4. The molecule has 0 aliphatic heterocycles. The summed E-state index contributed by atoms with van der Waals surface area (Å²) in [5.74, 6) is 2.45. The van der Waals surface area contributed by atoms with Crippen molar-refractivity contribution in [1.82, 2.24) is 0 Å². The summed E-state index contributed by atoms with van der Waals surface area (Å²) < 4.78 is 0. The zero-order valence-corrected chi connectivity index (χ0v) is 19.8. The predicted molar refractivity (Wildman–Crippen MR) is 128 cm³/mol. The molecule has 3 saturated carbocycles. The maximum absolute atomic E-state index is 12.2. The molecule has 33 heavy (non-hydrogen) atoms. The topological polar surface area (TPSA) is 74.6 Å². The van der Waals surface area contributed by atoms with Gasteiger partial charge >= 0.3 is 0 Å². The number of allylic oxidation sites excluding steroid dienone is 1. The number of hydrogen-bond acceptors (Lipinski definition) is 4. The number of aliphatic hydroxyl groups excluding tert-OH is 1. The van der Waals surface area contributed by atoms with E-state index in [0.717, 1.165) is 44.1 Å². The summed E-state index contributed by atoms with van der Waals surface area (Å²) in [5.41, 5.74) is 2.13. The minimum atomic E-state index is -0.915. The van der Waals surface area contributed by atoms with Crippen LogP contribution in [0.1, 0.15) is 80.6 Å². The van der Waals surface area contributed by atoms with Crippen LogP contribution in [0.25, 0.3) is 0 Å². The summed E-state index contributed by atoms with van der Waals surface area (Å²) in [7, 11) is 0. The molecule has 4 aliphatic carbocycles. The minimum Gasteiger partial charge on any atom is -0.392 e. The first-order chi connectivity index (χ1) is 15.8. The van der Waals surface area contributed by atoms with E-state index in [1.54, 1.807) is 13.0 Å². The molecule has 2 N–H and O–H groups in total. The van der Waals surface area contributed by atoms with Crippen molar-refractivity contribution in [2.24, 2.45) is 29.1 Å². The van der Waals surface area contributed by atoms with E-state index in [2.05, 4.69) is 19.1 Å². The van der Waals surface area contributed by atoms with Gasteiger partial charge in [-0.3, -0.25) is 9.59 Å². The van der Waals surface area contributed by atoms with Crippen LogP contribution in [-0.2, 0) is 4.79 Å². The van der Waals surface area contributed by atoms with Gasteiger partial charge in [-0.2, -0.15) is 0 Å². The summed E-state index contributed by atoms with van der Waals surface area (Å²) in [6.07, 6.45) is 11.7. The number of fused-ring (bicyclic) bond motifs is 5. The van der Waals surface area contributed by atoms with Crippen molar-refractivity contribution >= 4 is 11.6 Å². The van der Waals surface area contributed by atoms with Crippen LogP contribution < -0.4 is 0 Å². The first-order valence-corrected chi connectivity index (χ1v) is 12.6. The third-order valence-electron chi connectivity index (χ3n) is 9.76. The van der Waals surface area contributed by atoms with Crippen LogP contribution >= 0.6 is 0 Å². The Kier molecular flexibility index (Phi) is 5.73. The summed E-state index contributed by atoms with van der Waals surface area (Å²) in [5, 5.41) is 21.2. The van der Waals surface area contributed by atoms with Crippen molar-refractivity contribution in [3.05, 3.63) is 59.2 Å². The molecular formula is C29H36O4. The highest BCUT2D eigenvalue weighted by Gasteiger charge is 2.63. The van der Waals surface area contributed by atoms with E-state index in [-0.39, 0.29) is 29.5 Å². The zero-order valence-electron chi connectivity index (χ0n) is 19.8. The van der Waals surface area contributed by atoms with Gasteiger partial charge < -0.3 is 10.2 Å². The number of hydrogen-bond donors (Lipinski definition) is 2. The van der Waals surface area contributed by atoms with Gasteiger partial charge in [-0.15, -0.1) is 0 Å². The molecule has 0 radical (unpaired) electrons. The van der Waals surface area contributed by atoms with E-state index in [1.165, 1.54) is 11.1 Å². The number of ketones is 2. The highest BCUT2D eigenvalue weighted by Crippen LogP contribution is 2.68. The number of carbonyl (C=O) groups excluding carboxylic acids is 2.